The minimum absolute atomic E-state index is 0.0189. The lowest BCUT2D eigenvalue weighted by Crippen LogP contribution is -2.51. The lowest BCUT2D eigenvalue weighted by Gasteiger charge is -2.32. The van der Waals surface area contributed by atoms with E-state index in [4.69, 9.17) is 34.8 Å². The molecule has 0 aliphatic carbocycles. The van der Waals surface area contributed by atoms with E-state index in [1.165, 1.54) is 29.2 Å². The summed E-state index contributed by atoms with van der Waals surface area (Å²) in [6.07, 6.45) is 1.68. The maximum absolute atomic E-state index is 13.9. The molecule has 0 aliphatic rings. The van der Waals surface area contributed by atoms with E-state index in [2.05, 4.69) is 5.32 Å². The van der Waals surface area contributed by atoms with Gasteiger partial charge in [0.15, 0.2) is 0 Å². The van der Waals surface area contributed by atoms with E-state index < -0.39 is 28.5 Å². The summed E-state index contributed by atoms with van der Waals surface area (Å²) in [4.78, 5) is 28.2. The van der Waals surface area contributed by atoms with Crippen molar-refractivity contribution in [3.05, 3.63) is 93.4 Å². The van der Waals surface area contributed by atoms with Crippen LogP contribution >= 0.6 is 34.8 Å². The molecule has 0 saturated heterocycles. The van der Waals surface area contributed by atoms with Crippen molar-refractivity contribution in [3.63, 3.8) is 0 Å². The number of rotatable bonds is 12. The molecule has 0 spiro atoms. The number of sulfonamides is 1. The Labute approximate surface area is 244 Å². The van der Waals surface area contributed by atoms with Crippen LogP contribution in [0.1, 0.15) is 32.3 Å². The Morgan fingerprint density at radius 1 is 0.923 bits per heavy atom. The summed E-state index contributed by atoms with van der Waals surface area (Å²) in [6.45, 7) is 3.48. The van der Waals surface area contributed by atoms with Crippen molar-refractivity contribution in [3.8, 4) is 0 Å². The smallest absolute Gasteiger partial charge is 0.264 e. The average Bonchev–Trinajstić information content (AvgIpc) is 2.92. The Kier molecular flexibility index (Phi) is 11.1. The molecule has 0 heterocycles. The van der Waals surface area contributed by atoms with Crippen LogP contribution in [-0.4, -0.2) is 44.3 Å². The van der Waals surface area contributed by atoms with E-state index in [1.54, 1.807) is 55.5 Å². The van der Waals surface area contributed by atoms with Crippen molar-refractivity contribution in [2.24, 2.45) is 0 Å². The van der Waals surface area contributed by atoms with Crippen molar-refractivity contribution < 1.29 is 18.0 Å². The molecule has 0 aromatic heterocycles. The van der Waals surface area contributed by atoms with Crippen molar-refractivity contribution in [1.82, 2.24) is 10.2 Å². The van der Waals surface area contributed by atoms with Crippen LogP contribution in [-0.2, 0) is 26.2 Å². The van der Waals surface area contributed by atoms with Gasteiger partial charge in [0.2, 0.25) is 11.8 Å². The van der Waals surface area contributed by atoms with Crippen molar-refractivity contribution >= 4 is 62.3 Å². The van der Waals surface area contributed by atoms with Crippen LogP contribution in [0.15, 0.2) is 77.7 Å². The largest absolute Gasteiger partial charge is 0.354 e. The van der Waals surface area contributed by atoms with Crippen LogP contribution in [0.5, 0.6) is 0 Å². The third-order valence-electron chi connectivity index (χ3n) is 6.08. The van der Waals surface area contributed by atoms with Crippen LogP contribution in [0.2, 0.25) is 15.1 Å². The Morgan fingerprint density at radius 3 is 2.18 bits per heavy atom. The first-order chi connectivity index (χ1) is 18.5. The van der Waals surface area contributed by atoms with E-state index in [0.717, 1.165) is 17.1 Å². The van der Waals surface area contributed by atoms with Crippen LogP contribution in [0.4, 0.5) is 5.69 Å². The molecule has 39 heavy (non-hydrogen) atoms. The standard InChI is InChI=1S/C28H30Cl3N3O4S/c1-3-4-16-32-28(36)20(2)33(18-21-10-11-23(30)17-26(21)31)27(35)19-34(24-14-12-22(29)13-15-24)39(37,38)25-8-6-5-7-9-25/h5-15,17,20H,3-4,16,18-19H2,1-2H3,(H,32,36)/t20-/m1/s1. The maximum Gasteiger partial charge on any atom is 0.264 e. The monoisotopic (exact) mass is 609 g/mol. The summed E-state index contributed by atoms with van der Waals surface area (Å²) < 4.78 is 28.4. The molecule has 208 valence electrons. The minimum Gasteiger partial charge on any atom is -0.354 e. The van der Waals surface area contributed by atoms with Crippen molar-refractivity contribution in [1.29, 1.82) is 0 Å². The van der Waals surface area contributed by atoms with Gasteiger partial charge in [0.1, 0.15) is 12.6 Å². The first-order valence-corrected chi connectivity index (χ1v) is 15.0. The van der Waals surface area contributed by atoms with Gasteiger partial charge in [-0.3, -0.25) is 13.9 Å². The number of amides is 2. The summed E-state index contributed by atoms with van der Waals surface area (Å²) in [5.74, 6) is -0.945. The summed E-state index contributed by atoms with van der Waals surface area (Å²) >= 11 is 18.5. The highest BCUT2D eigenvalue weighted by Crippen LogP contribution is 2.27. The number of halogens is 3. The van der Waals surface area contributed by atoms with E-state index >= 15 is 0 Å². The van der Waals surface area contributed by atoms with E-state index in [0.29, 0.717) is 27.2 Å². The van der Waals surface area contributed by atoms with Crippen LogP contribution in [0, 0.1) is 0 Å². The van der Waals surface area contributed by atoms with Crippen molar-refractivity contribution in [2.45, 2.75) is 44.2 Å². The molecule has 3 rings (SSSR count). The summed E-state index contributed by atoms with van der Waals surface area (Å²) in [6, 6.07) is 17.9. The van der Waals surface area contributed by atoms with Gasteiger partial charge >= 0.3 is 0 Å². The van der Waals surface area contributed by atoms with E-state index in [1.807, 2.05) is 6.92 Å². The van der Waals surface area contributed by atoms with Crippen LogP contribution < -0.4 is 9.62 Å². The van der Waals surface area contributed by atoms with Crippen LogP contribution in [0.3, 0.4) is 0 Å². The maximum atomic E-state index is 13.9. The van der Waals surface area contributed by atoms with Crippen molar-refractivity contribution in [2.75, 3.05) is 17.4 Å². The molecule has 3 aromatic carbocycles. The van der Waals surface area contributed by atoms with Gasteiger partial charge in [0.25, 0.3) is 10.0 Å². The Balaban J connectivity index is 2.00. The molecule has 2 amide bonds. The number of nitrogens with one attached hydrogen (secondary N) is 1. The molecular formula is C28H30Cl3N3O4S. The second-order valence-electron chi connectivity index (χ2n) is 8.88. The molecule has 0 aliphatic heterocycles. The fraction of sp³-hybridized carbons (Fsp3) is 0.286. The number of nitrogens with zero attached hydrogens (tertiary/aromatic N) is 2. The average molecular weight is 611 g/mol. The lowest BCUT2D eigenvalue weighted by atomic mass is 10.1. The summed E-state index contributed by atoms with van der Waals surface area (Å²) in [5.41, 5.74) is 0.813. The number of benzene rings is 3. The van der Waals surface area contributed by atoms with Gasteiger partial charge in [-0.15, -0.1) is 0 Å². The first-order valence-electron chi connectivity index (χ1n) is 12.4. The third-order valence-corrected chi connectivity index (χ3v) is 8.70. The zero-order valence-electron chi connectivity index (χ0n) is 21.6. The number of hydrogen-bond donors (Lipinski definition) is 1. The summed E-state index contributed by atoms with van der Waals surface area (Å²) in [5, 5.41) is 4.01. The zero-order valence-corrected chi connectivity index (χ0v) is 24.7. The number of carbonyl (C=O) groups is 2. The molecule has 0 bridgehead atoms. The van der Waals surface area contributed by atoms with Gasteiger partial charge in [-0.05, 0) is 67.4 Å². The second-order valence-corrected chi connectivity index (χ2v) is 12.0. The minimum atomic E-state index is -4.15. The normalized spacial score (nSPS) is 12.0. The predicted octanol–water partition coefficient (Wildman–Crippen LogP) is 6.18. The third kappa shape index (κ3) is 8.11. The Bertz CT molecular complexity index is 1390. The molecular weight excluding hydrogens is 581 g/mol. The molecule has 11 heteroatoms. The van der Waals surface area contributed by atoms with Gasteiger partial charge in [-0.1, -0.05) is 72.4 Å². The van der Waals surface area contributed by atoms with Gasteiger partial charge < -0.3 is 10.2 Å². The molecule has 3 aromatic rings. The number of hydrogen-bond acceptors (Lipinski definition) is 4. The van der Waals surface area contributed by atoms with Gasteiger partial charge in [-0.25, -0.2) is 8.42 Å². The highest BCUT2D eigenvalue weighted by molar-refractivity contribution is 7.92. The highest BCUT2D eigenvalue weighted by atomic mass is 35.5. The number of carbonyl (C=O) groups excluding carboxylic acids is 2. The fourth-order valence-corrected chi connectivity index (χ4v) is 5.84. The SMILES string of the molecule is CCCCNC(=O)[C@@H](C)N(Cc1ccc(Cl)cc1Cl)C(=O)CN(c1ccc(Cl)cc1)S(=O)(=O)c1ccccc1. The summed E-state index contributed by atoms with van der Waals surface area (Å²) in [7, 11) is -4.15. The molecule has 0 saturated carbocycles. The Hall–Kier alpha value is -2.78. The van der Waals surface area contributed by atoms with E-state index in [-0.39, 0.29) is 23.0 Å². The molecule has 0 radical (unpaired) electrons. The zero-order chi connectivity index (χ0) is 28.6. The topological polar surface area (TPSA) is 86.8 Å². The molecule has 1 N–H and O–H groups in total. The second kappa shape index (κ2) is 14.0. The Morgan fingerprint density at radius 2 is 1.56 bits per heavy atom. The molecule has 0 unspecified atom stereocenters. The van der Waals surface area contributed by atoms with Gasteiger partial charge in [0.05, 0.1) is 10.6 Å². The van der Waals surface area contributed by atoms with E-state index in [9.17, 15) is 18.0 Å². The quantitative estimate of drug-likeness (QED) is 0.248. The first kappa shape index (κ1) is 30.8. The number of anilines is 1. The fourth-order valence-electron chi connectivity index (χ4n) is 3.81. The molecule has 1 atom stereocenters. The van der Waals surface area contributed by atoms with Crippen LogP contribution in [0.25, 0.3) is 0 Å². The highest BCUT2D eigenvalue weighted by Gasteiger charge is 2.32. The van der Waals surface area contributed by atoms with Gasteiger partial charge in [0, 0.05) is 28.2 Å². The lowest BCUT2D eigenvalue weighted by molar-refractivity contribution is -0.139. The predicted molar refractivity (Wildman–Crippen MR) is 157 cm³/mol. The van der Waals surface area contributed by atoms with Gasteiger partial charge in [-0.2, -0.15) is 0 Å². The number of unbranched alkanes of at least 4 members (excludes halogenated alkanes) is 1. The molecule has 7 nitrogen and oxygen atoms in total. The molecule has 0 fully saturated rings.